The molecule has 1 N–H and O–H groups in total. The molecule has 2 aliphatic heterocycles. The van der Waals surface area contributed by atoms with Crippen LogP contribution in [0.4, 0.5) is 5.69 Å². The first-order chi connectivity index (χ1) is 15.5. The Bertz CT molecular complexity index is 1060. The van der Waals surface area contributed by atoms with E-state index in [1.54, 1.807) is 29.6 Å². The van der Waals surface area contributed by atoms with Crippen LogP contribution in [0.25, 0.3) is 0 Å². The molecule has 0 unspecified atom stereocenters. The lowest BCUT2D eigenvalue weighted by atomic mass is 10.1. The predicted octanol–water partition coefficient (Wildman–Crippen LogP) is 3.40. The highest BCUT2D eigenvalue weighted by molar-refractivity contribution is 7.89. The summed E-state index contributed by atoms with van der Waals surface area (Å²) in [6.45, 7) is 3.14. The van der Waals surface area contributed by atoms with Crippen molar-refractivity contribution in [1.29, 1.82) is 0 Å². The van der Waals surface area contributed by atoms with Crippen LogP contribution in [0.15, 0.2) is 47.4 Å². The molecule has 1 amide bonds. The van der Waals surface area contributed by atoms with Gasteiger partial charge in [-0.1, -0.05) is 18.6 Å². The molecule has 2 fully saturated rings. The first-order valence-corrected chi connectivity index (χ1v) is 12.7. The molecule has 0 atom stereocenters. The average Bonchev–Trinajstić information content (AvgIpc) is 3.37. The summed E-state index contributed by atoms with van der Waals surface area (Å²) in [4.78, 5) is 15.6. The summed E-state index contributed by atoms with van der Waals surface area (Å²) >= 11 is 0. The number of amides is 1. The van der Waals surface area contributed by atoms with Gasteiger partial charge in [0.15, 0.2) is 0 Å². The molecular weight excluding hydrogens is 426 g/mol. The van der Waals surface area contributed by atoms with Crippen LogP contribution in [0.2, 0.25) is 0 Å². The highest BCUT2D eigenvalue weighted by Gasteiger charge is 2.28. The van der Waals surface area contributed by atoms with Crippen LogP contribution in [0.3, 0.4) is 0 Å². The Hall–Kier alpha value is -2.58. The lowest BCUT2D eigenvalue weighted by molar-refractivity contribution is 0.0951. The third-order valence-corrected chi connectivity index (χ3v) is 8.09. The molecule has 8 heteroatoms. The Kier molecular flexibility index (Phi) is 7.01. The molecule has 172 valence electrons. The summed E-state index contributed by atoms with van der Waals surface area (Å²) < 4.78 is 33.2. The third-order valence-electron chi connectivity index (χ3n) is 6.20. The fraction of sp³-hybridized carbons (Fsp3) is 0.458. The van der Waals surface area contributed by atoms with Gasteiger partial charge in [-0.3, -0.25) is 4.79 Å². The van der Waals surface area contributed by atoms with Crippen molar-refractivity contribution in [3.63, 3.8) is 0 Å². The number of sulfonamides is 1. The van der Waals surface area contributed by atoms with E-state index in [-0.39, 0.29) is 10.8 Å². The Morgan fingerprint density at radius 2 is 1.69 bits per heavy atom. The number of methoxy groups -OCH3 is 1. The molecule has 2 heterocycles. The van der Waals surface area contributed by atoms with Crippen LogP contribution >= 0.6 is 0 Å². The van der Waals surface area contributed by atoms with Crippen LogP contribution < -0.4 is 15.0 Å². The largest absolute Gasteiger partial charge is 0.497 e. The van der Waals surface area contributed by atoms with Gasteiger partial charge in [0, 0.05) is 38.4 Å². The Morgan fingerprint density at radius 1 is 0.969 bits per heavy atom. The molecule has 0 spiro atoms. The van der Waals surface area contributed by atoms with E-state index >= 15 is 0 Å². The lowest BCUT2D eigenvalue weighted by Gasteiger charge is -2.27. The van der Waals surface area contributed by atoms with Gasteiger partial charge < -0.3 is 15.0 Å². The molecule has 7 nitrogen and oxygen atoms in total. The molecule has 2 saturated heterocycles. The summed E-state index contributed by atoms with van der Waals surface area (Å²) in [6.07, 6.45) is 4.94. The topological polar surface area (TPSA) is 78.9 Å². The number of benzene rings is 2. The molecule has 2 aromatic rings. The van der Waals surface area contributed by atoms with Crippen molar-refractivity contribution in [2.45, 2.75) is 43.5 Å². The predicted molar refractivity (Wildman–Crippen MR) is 125 cm³/mol. The van der Waals surface area contributed by atoms with Crippen molar-refractivity contribution in [1.82, 2.24) is 9.62 Å². The zero-order valence-electron chi connectivity index (χ0n) is 18.5. The van der Waals surface area contributed by atoms with Gasteiger partial charge in [0.2, 0.25) is 10.0 Å². The second-order valence-corrected chi connectivity index (χ2v) is 10.3. The van der Waals surface area contributed by atoms with Crippen molar-refractivity contribution >= 4 is 21.6 Å². The summed E-state index contributed by atoms with van der Waals surface area (Å²) in [6, 6.07) is 12.5. The number of carbonyl (C=O) groups is 1. The van der Waals surface area contributed by atoms with E-state index in [1.165, 1.54) is 0 Å². The molecule has 0 bridgehead atoms. The third kappa shape index (κ3) is 4.91. The van der Waals surface area contributed by atoms with E-state index in [1.807, 2.05) is 24.3 Å². The maximum absolute atomic E-state index is 13.2. The lowest BCUT2D eigenvalue weighted by Crippen LogP contribution is -2.36. The van der Waals surface area contributed by atoms with Gasteiger partial charge in [0.05, 0.1) is 17.6 Å². The maximum Gasteiger partial charge on any atom is 0.253 e. The molecule has 0 aromatic heterocycles. The Morgan fingerprint density at radius 3 is 2.41 bits per heavy atom. The average molecular weight is 458 g/mol. The van der Waals surface area contributed by atoms with Gasteiger partial charge in [-0.05, 0) is 61.6 Å². The molecule has 32 heavy (non-hydrogen) atoms. The minimum absolute atomic E-state index is 0.189. The number of hydrogen-bond acceptors (Lipinski definition) is 5. The zero-order valence-corrected chi connectivity index (χ0v) is 19.4. The minimum Gasteiger partial charge on any atom is -0.497 e. The quantitative estimate of drug-likeness (QED) is 0.689. The number of anilines is 1. The van der Waals surface area contributed by atoms with Gasteiger partial charge >= 0.3 is 0 Å². The van der Waals surface area contributed by atoms with Crippen LogP contribution in [-0.2, 0) is 16.6 Å². The molecule has 2 aromatic carbocycles. The van der Waals surface area contributed by atoms with Crippen LogP contribution in [0, 0.1) is 0 Å². The van der Waals surface area contributed by atoms with E-state index in [0.717, 1.165) is 62.2 Å². The van der Waals surface area contributed by atoms with Gasteiger partial charge in [-0.25, -0.2) is 8.42 Å². The number of nitrogens with zero attached hydrogens (tertiary/aromatic N) is 2. The van der Waals surface area contributed by atoms with Crippen molar-refractivity contribution < 1.29 is 17.9 Å². The molecule has 0 radical (unpaired) electrons. The smallest absolute Gasteiger partial charge is 0.253 e. The number of rotatable bonds is 7. The molecular formula is C24H31N3O4S. The Labute approximate surface area is 190 Å². The van der Waals surface area contributed by atoms with Crippen molar-refractivity contribution in [2.24, 2.45) is 0 Å². The summed E-state index contributed by atoms with van der Waals surface area (Å²) in [7, 11) is -2.01. The van der Waals surface area contributed by atoms with E-state index < -0.39 is 10.0 Å². The number of nitrogens with one attached hydrogen (secondary N) is 1. The van der Waals surface area contributed by atoms with Crippen molar-refractivity contribution in [2.75, 3.05) is 38.2 Å². The number of ether oxygens (including phenoxy) is 1. The van der Waals surface area contributed by atoms with Crippen LogP contribution in [0.1, 0.15) is 48.0 Å². The standard InChI is InChI=1S/C24H31N3O4S/c1-31-20-9-7-8-19(16-20)18-25-24(28)22-17-21(10-11-23(22)26-12-5-6-13-26)32(29,30)27-14-3-2-4-15-27/h7-11,16-17H,2-6,12-15,18H2,1H3,(H,25,28). The second kappa shape index (κ2) is 9.92. The number of piperidine rings is 1. The highest BCUT2D eigenvalue weighted by Crippen LogP contribution is 2.29. The second-order valence-electron chi connectivity index (χ2n) is 8.37. The molecule has 4 rings (SSSR count). The monoisotopic (exact) mass is 457 g/mol. The summed E-state index contributed by atoms with van der Waals surface area (Å²) in [5, 5.41) is 2.96. The van der Waals surface area contributed by atoms with Crippen LogP contribution in [0.5, 0.6) is 5.75 Å². The van der Waals surface area contributed by atoms with E-state index in [2.05, 4.69) is 10.2 Å². The van der Waals surface area contributed by atoms with E-state index in [9.17, 15) is 13.2 Å². The van der Waals surface area contributed by atoms with Crippen molar-refractivity contribution in [3.05, 3.63) is 53.6 Å². The number of hydrogen-bond donors (Lipinski definition) is 1. The Balaban J connectivity index is 1.61. The number of carbonyl (C=O) groups excluding carboxylic acids is 1. The molecule has 2 aliphatic rings. The summed E-state index contributed by atoms with van der Waals surface area (Å²) in [5.74, 6) is 0.453. The van der Waals surface area contributed by atoms with Gasteiger partial charge in [0.25, 0.3) is 5.91 Å². The van der Waals surface area contributed by atoms with E-state index in [0.29, 0.717) is 25.2 Å². The fourth-order valence-electron chi connectivity index (χ4n) is 4.41. The zero-order chi connectivity index (χ0) is 22.6. The van der Waals surface area contributed by atoms with Crippen LogP contribution in [-0.4, -0.2) is 51.9 Å². The van der Waals surface area contributed by atoms with Gasteiger partial charge in [-0.2, -0.15) is 4.31 Å². The van der Waals surface area contributed by atoms with E-state index in [4.69, 9.17) is 4.74 Å². The normalized spacial score (nSPS) is 17.3. The first kappa shape index (κ1) is 22.6. The summed E-state index contributed by atoms with van der Waals surface area (Å²) in [5.41, 5.74) is 2.12. The SMILES string of the molecule is COc1cccc(CNC(=O)c2cc(S(=O)(=O)N3CCCCC3)ccc2N2CCCC2)c1. The van der Waals surface area contributed by atoms with Gasteiger partial charge in [0.1, 0.15) is 5.75 Å². The first-order valence-electron chi connectivity index (χ1n) is 11.3. The van der Waals surface area contributed by atoms with Crippen molar-refractivity contribution in [3.8, 4) is 5.75 Å². The highest BCUT2D eigenvalue weighted by atomic mass is 32.2. The molecule has 0 saturated carbocycles. The molecule has 0 aliphatic carbocycles. The van der Waals surface area contributed by atoms with Gasteiger partial charge in [-0.15, -0.1) is 0 Å². The maximum atomic E-state index is 13.2. The minimum atomic E-state index is -3.62. The fourth-order valence-corrected chi connectivity index (χ4v) is 5.95.